The molecule has 3 spiro atoms. The molecular formula is C17H20. The zero-order chi connectivity index (χ0) is 10.4. The van der Waals surface area contributed by atoms with Gasteiger partial charge in [-0.25, -0.2) is 0 Å². The highest BCUT2D eigenvalue weighted by molar-refractivity contribution is 5.48. The smallest absolute Gasteiger partial charge is 0.0162 e. The van der Waals surface area contributed by atoms with Crippen molar-refractivity contribution in [3.05, 3.63) is 0 Å². The van der Waals surface area contributed by atoms with Crippen LogP contribution in [-0.4, -0.2) is 0 Å². The topological polar surface area (TPSA) is 0 Å². The first kappa shape index (κ1) is 7.56. The number of hydrogen-bond acceptors (Lipinski definition) is 0. The molecule has 8 saturated carbocycles. The second-order valence-corrected chi connectivity index (χ2v) is 9.41. The summed E-state index contributed by atoms with van der Waals surface area (Å²) in [6.07, 6.45) is 10.1. The van der Waals surface area contributed by atoms with E-state index >= 15 is 0 Å². The second kappa shape index (κ2) is 1.56. The Morgan fingerprint density at radius 1 is 0.412 bits per heavy atom. The van der Waals surface area contributed by atoms with E-state index in [1.54, 1.807) is 38.5 Å². The van der Waals surface area contributed by atoms with Crippen molar-refractivity contribution in [3.63, 3.8) is 0 Å². The first-order valence-electron chi connectivity index (χ1n) is 8.36. The lowest BCUT2D eigenvalue weighted by Gasteiger charge is -3.05. The minimum Gasteiger partial charge on any atom is -0.0464 e. The third-order valence-electron chi connectivity index (χ3n) is 10.9. The highest BCUT2D eigenvalue weighted by Crippen LogP contribution is 3.06. The van der Waals surface area contributed by atoms with Crippen molar-refractivity contribution in [1.82, 2.24) is 0 Å². The molecule has 0 nitrogen and oxygen atoms in total. The van der Waals surface area contributed by atoms with E-state index in [0.29, 0.717) is 0 Å². The molecular weight excluding hydrogens is 204 g/mol. The third kappa shape index (κ3) is 0.340. The molecule has 0 aliphatic heterocycles. The maximum absolute atomic E-state index is 1.70. The van der Waals surface area contributed by atoms with Gasteiger partial charge in [0, 0.05) is 0 Å². The molecule has 8 unspecified atom stereocenters. The molecule has 0 bridgehead atoms. The van der Waals surface area contributed by atoms with Gasteiger partial charge in [-0.2, -0.15) is 0 Å². The summed E-state index contributed by atoms with van der Waals surface area (Å²) in [4.78, 5) is 0. The fourth-order valence-electron chi connectivity index (χ4n) is 10.9. The van der Waals surface area contributed by atoms with Gasteiger partial charge >= 0.3 is 0 Å². The average Bonchev–Trinajstić information content (AvgIpc) is 2.08. The molecule has 0 saturated heterocycles. The van der Waals surface area contributed by atoms with E-state index in [2.05, 4.69) is 0 Å². The quantitative estimate of drug-likeness (QED) is 0.592. The Hall–Kier alpha value is 0. The SMILES string of the molecule is C1C2CC3C24C1CC4C31C2CC3CC4CC1C342. The first-order chi connectivity index (χ1) is 8.36. The molecule has 0 N–H and O–H groups in total. The normalized spacial score (nSPS) is 93.2. The van der Waals surface area contributed by atoms with Gasteiger partial charge in [-0.3, -0.25) is 0 Å². The lowest BCUT2D eigenvalue weighted by Crippen LogP contribution is -3.01. The van der Waals surface area contributed by atoms with E-state index in [9.17, 15) is 0 Å². The van der Waals surface area contributed by atoms with Gasteiger partial charge in [0.15, 0.2) is 0 Å². The maximum Gasteiger partial charge on any atom is -0.0162 e. The van der Waals surface area contributed by atoms with Crippen molar-refractivity contribution in [2.75, 3.05) is 0 Å². The van der Waals surface area contributed by atoms with Crippen LogP contribution in [0.1, 0.15) is 38.5 Å². The van der Waals surface area contributed by atoms with Crippen LogP contribution in [0.5, 0.6) is 0 Å². The van der Waals surface area contributed by atoms with Gasteiger partial charge in [0.05, 0.1) is 0 Å². The Balaban J connectivity index is 1.33. The van der Waals surface area contributed by atoms with Crippen molar-refractivity contribution in [3.8, 4) is 0 Å². The van der Waals surface area contributed by atoms with Gasteiger partial charge in [-0.15, -0.1) is 0 Å². The molecule has 8 rings (SSSR count). The van der Waals surface area contributed by atoms with Crippen LogP contribution in [0, 0.1) is 63.6 Å². The average molecular weight is 224 g/mol. The fourth-order valence-corrected chi connectivity index (χ4v) is 10.9. The third-order valence-corrected chi connectivity index (χ3v) is 10.9. The van der Waals surface area contributed by atoms with Crippen LogP contribution in [0.3, 0.4) is 0 Å². The van der Waals surface area contributed by atoms with Gasteiger partial charge in [0.25, 0.3) is 0 Å². The molecule has 88 valence electrons. The van der Waals surface area contributed by atoms with Crippen LogP contribution in [0.2, 0.25) is 0 Å². The molecule has 8 fully saturated rings. The van der Waals surface area contributed by atoms with Crippen molar-refractivity contribution < 1.29 is 0 Å². The molecule has 0 aromatic rings. The number of hydrogen-bond donors (Lipinski definition) is 0. The monoisotopic (exact) mass is 224 g/mol. The van der Waals surface area contributed by atoms with Crippen LogP contribution in [-0.2, 0) is 0 Å². The first-order valence-corrected chi connectivity index (χ1v) is 8.36. The Kier molecular flexibility index (Phi) is 0.694. The molecule has 0 heteroatoms. The zero-order valence-electron chi connectivity index (χ0n) is 10.4. The van der Waals surface area contributed by atoms with Crippen molar-refractivity contribution in [2.24, 2.45) is 63.6 Å². The van der Waals surface area contributed by atoms with Gasteiger partial charge < -0.3 is 0 Å². The van der Waals surface area contributed by atoms with Gasteiger partial charge in [-0.1, -0.05) is 0 Å². The van der Waals surface area contributed by atoms with Crippen LogP contribution in [0.25, 0.3) is 0 Å². The summed E-state index contributed by atoms with van der Waals surface area (Å²) in [6, 6.07) is 0. The minimum absolute atomic E-state index is 1.01. The van der Waals surface area contributed by atoms with E-state index in [4.69, 9.17) is 0 Å². The van der Waals surface area contributed by atoms with E-state index in [-0.39, 0.29) is 0 Å². The Bertz CT molecular complexity index is 435. The molecule has 8 aliphatic carbocycles. The molecule has 0 aromatic heterocycles. The van der Waals surface area contributed by atoms with Gasteiger partial charge in [-0.05, 0) is 102 Å². The predicted molar refractivity (Wildman–Crippen MR) is 62.9 cm³/mol. The molecule has 0 heterocycles. The predicted octanol–water partition coefficient (Wildman–Crippen LogP) is 3.32. The fraction of sp³-hybridized carbons (Fsp3) is 1.00. The van der Waals surface area contributed by atoms with Crippen LogP contribution >= 0.6 is 0 Å². The lowest BCUT2D eigenvalue weighted by atomic mass is 8.99. The van der Waals surface area contributed by atoms with Crippen molar-refractivity contribution in [1.29, 1.82) is 0 Å². The highest BCUT2D eigenvalue weighted by atomic mass is 15.0. The molecule has 0 radical (unpaired) electrons. The maximum atomic E-state index is 1.70. The summed E-state index contributed by atoms with van der Waals surface area (Å²) in [7, 11) is 0. The zero-order valence-corrected chi connectivity index (χ0v) is 10.4. The standard InChI is InChI=1S/C17H20/c1-7-3-11-15(7)8(1)4-12(15)17(11)13-5-9-2-10-6-14(17)16(9,10)13/h7-14H,1-6H2. The lowest BCUT2D eigenvalue weighted by molar-refractivity contribution is -0.582. The van der Waals surface area contributed by atoms with E-state index < -0.39 is 0 Å². The number of rotatable bonds is 0. The van der Waals surface area contributed by atoms with Crippen LogP contribution in [0.4, 0.5) is 0 Å². The Morgan fingerprint density at radius 2 is 0.765 bits per heavy atom. The molecule has 8 aliphatic rings. The second-order valence-electron chi connectivity index (χ2n) is 9.41. The summed E-state index contributed by atoms with van der Waals surface area (Å²) in [5, 5.41) is 0. The molecule has 0 amide bonds. The van der Waals surface area contributed by atoms with Crippen LogP contribution in [0.15, 0.2) is 0 Å². The molecule has 17 heavy (non-hydrogen) atoms. The highest BCUT2D eigenvalue weighted by Gasteiger charge is 3.01. The van der Waals surface area contributed by atoms with Crippen molar-refractivity contribution in [2.45, 2.75) is 38.5 Å². The summed E-state index contributed by atoms with van der Waals surface area (Å²) < 4.78 is 0. The van der Waals surface area contributed by atoms with E-state index in [0.717, 1.165) is 16.2 Å². The minimum atomic E-state index is 1.01. The van der Waals surface area contributed by atoms with Crippen molar-refractivity contribution >= 4 is 0 Å². The molecule has 8 atom stereocenters. The Morgan fingerprint density at radius 3 is 1.06 bits per heavy atom. The molecule has 0 aromatic carbocycles. The summed E-state index contributed by atoms with van der Waals surface area (Å²) in [6.45, 7) is 0. The van der Waals surface area contributed by atoms with Gasteiger partial charge in [0.2, 0.25) is 0 Å². The summed E-state index contributed by atoms with van der Waals surface area (Å²) in [5.41, 5.74) is 3.10. The van der Waals surface area contributed by atoms with E-state index in [1.165, 1.54) is 47.3 Å². The summed E-state index contributed by atoms with van der Waals surface area (Å²) >= 11 is 0. The van der Waals surface area contributed by atoms with Gasteiger partial charge in [0.1, 0.15) is 0 Å². The Labute approximate surface area is 103 Å². The van der Waals surface area contributed by atoms with E-state index in [1.807, 2.05) is 0 Å². The summed E-state index contributed by atoms with van der Waals surface area (Å²) in [5.74, 6) is 10.2. The van der Waals surface area contributed by atoms with Crippen LogP contribution < -0.4 is 0 Å². The number of fused-ring (bicyclic) bond motifs is 4. The largest absolute Gasteiger partial charge is 0.0464 e.